The first-order chi connectivity index (χ1) is 7.14. The minimum absolute atomic E-state index is 0.305. The Balaban J connectivity index is 3.81. The second kappa shape index (κ2) is 7.80. The highest BCUT2D eigenvalue weighted by molar-refractivity contribution is 8.33. The Kier molecular flexibility index (Phi) is 7.57. The van der Waals surface area contributed by atoms with Crippen molar-refractivity contribution in [3.8, 4) is 0 Å². The molecule has 3 heteroatoms. The first-order valence-corrected chi connectivity index (χ1v) is 7.98. The zero-order valence-corrected chi connectivity index (χ0v) is 11.1. The van der Waals surface area contributed by atoms with E-state index in [-0.39, 0.29) is 5.97 Å². The van der Waals surface area contributed by atoms with Gasteiger partial charge in [0, 0.05) is 6.08 Å². The van der Waals surface area contributed by atoms with Crippen LogP contribution in [0.25, 0.3) is 0 Å². The van der Waals surface area contributed by atoms with Crippen molar-refractivity contribution in [1.29, 1.82) is 0 Å². The van der Waals surface area contributed by atoms with Crippen LogP contribution in [0.2, 0.25) is 0 Å². The second-order valence-electron chi connectivity index (χ2n) is 3.52. The Morgan fingerprint density at radius 1 is 1.27 bits per heavy atom. The number of carbonyl (C=O) groups is 1. The van der Waals surface area contributed by atoms with Crippen molar-refractivity contribution < 1.29 is 9.53 Å². The third-order valence-electron chi connectivity index (χ3n) is 2.97. The fourth-order valence-corrected chi connectivity index (χ4v) is 4.46. The van der Waals surface area contributed by atoms with Crippen LogP contribution >= 0.6 is 10.0 Å². The van der Waals surface area contributed by atoms with E-state index in [0.29, 0.717) is 6.61 Å². The van der Waals surface area contributed by atoms with Gasteiger partial charge in [-0.2, -0.15) is 0 Å². The van der Waals surface area contributed by atoms with Gasteiger partial charge in [-0.05, 0) is 29.4 Å². The molecule has 90 valence electrons. The van der Waals surface area contributed by atoms with Gasteiger partial charge in [-0.1, -0.05) is 27.4 Å². The van der Waals surface area contributed by atoms with Crippen LogP contribution < -0.4 is 0 Å². The molecule has 0 aliphatic carbocycles. The highest BCUT2D eigenvalue weighted by atomic mass is 32.3. The van der Waals surface area contributed by atoms with Crippen molar-refractivity contribution >= 4 is 16.0 Å². The lowest BCUT2D eigenvalue weighted by Gasteiger charge is -2.37. The lowest BCUT2D eigenvalue weighted by molar-refractivity contribution is -0.137. The van der Waals surface area contributed by atoms with Crippen LogP contribution in [0.1, 0.15) is 27.2 Å². The maximum absolute atomic E-state index is 10.8. The number of hydrogen-bond donors (Lipinski definition) is 0. The summed E-state index contributed by atoms with van der Waals surface area (Å²) in [6.07, 6.45) is 2.21. The first kappa shape index (κ1) is 14.6. The standard InChI is InChI=1S/C12H24O2S/c1-5-12(13)14-10-9-11-15(6-2,7-3)8-4/h5H,1,6-11H2,2-4H3. The molecule has 0 fully saturated rings. The summed E-state index contributed by atoms with van der Waals surface area (Å²) in [4.78, 5) is 10.8. The molecule has 0 heterocycles. The third-order valence-corrected chi connectivity index (χ3v) is 7.80. The Hall–Kier alpha value is -0.440. The van der Waals surface area contributed by atoms with Gasteiger partial charge in [-0.25, -0.2) is 14.8 Å². The number of ether oxygens (including phenoxy) is 1. The molecule has 0 aromatic rings. The predicted octanol–water partition coefficient (Wildman–Crippen LogP) is 2.97. The average Bonchev–Trinajstić information content (AvgIpc) is 2.30. The van der Waals surface area contributed by atoms with Crippen LogP contribution in [0.15, 0.2) is 12.7 Å². The first-order valence-electron chi connectivity index (χ1n) is 5.67. The highest BCUT2D eigenvalue weighted by Crippen LogP contribution is 2.47. The molecule has 0 amide bonds. The zero-order valence-electron chi connectivity index (χ0n) is 10.3. The quantitative estimate of drug-likeness (QED) is 0.365. The van der Waals surface area contributed by atoms with Gasteiger partial charge in [0.05, 0.1) is 6.61 Å². The van der Waals surface area contributed by atoms with Gasteiger partial charge in [-0.3, -0.25) is 0 Å². The lowest BCUT2D eigenvalue weighted by atomic mass is 10.5. The van der Waals surface area contributed by atoms with E-state index in [0.717, 1.165) is 6.42 Å². The fourth-order valence-electron chi connectivity index (χ4n) is 1.64. The molecule has 0 aromatic heterocycles. The number of carbonyl (C=O) groups excluding carboxylic acids is 1. The van der Waals surface area contributed by atoms with Gasteiger partial charge < -0.3 is 4.74 Å². The molecular weight excluding hydrogens is 208 g/mol. The van der Waals surface area contributed by atoms with E-state index >= 15 is 0 Å². The molecule has 0 aliphatic heterocycles. The molecule has 0 atom stereocenters. The lowest BCUT2D eigenvalue weighted by Crippen LogP contribution is -2.15. The molecule has 0 unspecified atom stereocenters. The summed E-state index contributed by atoms with van der Waals surface area (Å²) in [5.41, 5.74) is 0. The van der Waals surface area contributed by atoms with Gasteiger partial charge in [0.15, 0.2) is 0 Å². The minimum Gasteiger partial charge on any atom is -0.463 e. The molecule has 0 radical (unpaired) electrons. The summed E-state index contributed by atoms with van der Waals surface area (Å²) < 4.78 is 4.98. The molecule has 0 aliphatic rings. The van der Waals surface area contributed by atoms with Crippen molar-refractivity contribution in [2.45, 2.75) is 27.2 Å². The van der Waals surface area contributed by atoms with Gasteiger partial charge >= 0.3 is 5.97 Å². The summed E-state index contributed by atoms with van der Waals surface area (Å²) in [7, 11) is -0.432. The Morgan fingerprint density at radius 3 is 2.20 bits per heavy atom. The normalized spacial score (nSPS) is 12.2. The topological polar surface area (TPSA) is 26.3 Å². The van der Waals surface area contributed by atoms with E-state index in [2.05, 4.69) is 27.4 Å². The maximum Gasteiger partial charge on any atom is 0.330 e. The molecule has 2 nitrogen and oxygen atoms in total. The molecule has 0 saturated carbocycles. The Bertz CT molecular complexity index is 190. The maximum atomic E-state index is 10.8. The van der Waals surface area contributed by atoms with Crippen LogP contribution in [0.5, 0.6) is 0 Å². The molecule has 0 saturated heterocycles. The molecule has 0 bridgehead atoms. The summed E-state index contributed by atoms with van der Waals surface area (Å²) in [5, 5.41) is 0. The summed E-state index contributed by atoms with van der Waals surface area (Å²) in [6, 6.07) is 0. The number of rotatable bonds is 8. The molecule has 15 heavy (non-hydrogen) atoms. The molecule has 0 N–H and O–H groups in total. The second-order valence-corrected chi connectivity index (χ2v) is 8.11. The van der Waals surface area contributed by atoms with Crippen molar-refractivity contribution in [2.24, 2.45) is 0 Å². The van der Waals surface area contributed by atoms with E-state index in [1.165, 1.54) is 29.1 Å². The van der Waals surface area contributed by atoms with Crippen LogP contribution in [-0.2, 0) is 9.53 Å². The van der Waals surface area contributed by atoms with Crippen molar-refractivity contribution in [3.63, 3.8) is 0 Å². The number of esters is 1. The fraction of sp³-hybridized carbons (Fsp3) is 0.750. The van der Waals surface area contributed by atoms with E-state index in [1.807, 2.05) is 0 Å². The monoisotopic (exact) mass is 232 g/mol. The Labute approximate surface area is 95.4 Å². The van der Waals surface area contributed by atoms with E-state index in [9.17, 15) is 4.79 Å². The Morgan fingerprint density at radius 2 is 1.80 bits per heavy atom. The summed E-state index contributed by atoms with van der Waals surface area (Å²) in [6.45, 7) is 10.7. The van der Waals surface area contributed by atoms with Gasteiger partial charge in [0.2, 0.25) is 0 Å². The highest BCUT2D eigenvalue weighted by Gasteiger charge is 2.16. The largest absolute Gasteiger partial charge is 0.463 e. The van der Waals surface area contributed by atoms with Gasteiger partial charge in [0.1, 0.15) is 0 Å². The van der Waals surface area contributed by atoms with Crippen molar-refractivity contribution in [1.82, 2.24) is 0 Å². The smallest absolute Gasteiger partial charge is 0.330 e. The van der Waals surface area contributed by atoms with E-state index < -0.39 is 10.0 Å². The van der Waals surface area contributed by atoms with Crippen LogP contribution in [0.3, 0.4) is 0 Å². The van der Waals surface area contributed by atoms with Crippen molar-refractivity contribution in [2.75, 3.05) is 29.6 Å². The SMILES string of the molecule is C=CC(=O)OCCCS(CC)(CC)CC. The van der Waals surface area contributed by atoms with Crippen LogP contribution in [-0.4, -0.2) is 35.6 Å². The van der Waals surface area contributed by atoms with E-state index in [1.54, 1.807) is 0 Å². The molecule has 0 aromatic carbocycles. The van der Waals surface area contributed by atoms with Crippen molar-refractivity contribution in [3.05, 3.63) is 12.7 Å². The van der Waals surface area contributed by atoms with Gasteiger partial charge in [-0.15, -0.1) is 0 Å². The van der Waals surface area contributed by atoms with E-state index in [4.69, 9.17) is 4.74 Å². The minimum atomic E-state index is -0.432. The van der Waals surface area contributed by atoms with Crippen LogP contribution in [0, 0.1) is 0 Å². The number of hydrogen-bond acceptors (Lipinski definition) is 2. The average molecular weight is 232 g/mol. The predicted molar refractivity (Wildman–Crippen MR) is 69.9 cm³/mol. The summed E-state index contributed by atoms with van der Waals surface area (Å²) in [5.74, 6) is 4.78. The molecule has 0 rings (SSSR count). The molecular formula is C12H24O2S. The molecule has 0 spiro atoms. The zero-order chi connectivity index (χ0) is 11.7. The summed E-state index contributed by atoms with van der Waals surface area (Å²) >= 11 is 0. The third kappa shape index (κ3) is 5.26. The van der Waals surface area contributed by atoms with Crippen LogP contribution in [0.4, 0.5) is 0 Å². The van der Waals surface area contributed by atoms with Gasteiger partial charge in [0.25, 0.3) is 0 Å².